The van der Waals surface area contributed by atoms with Crippen molar-refractivity contribution in [1.29, 1.82) is 0 Å². The summed E-state index contributed by atoms with van der Waals surface area (Å²) in [7, 11) is 0. The molecule has 6 rings (SSSR count). The zero-order chi connectivity index (χ0) is 24.5. The van der Waals surface area contributed by atoms with Crippen molar-refractivity contribution in [2.75, 3.05) is 0 Å². The molecule has 0 saturated heterocycles. The SMILES string of the molecule is Cc1cc(-c2cnc3[nH]cc(-c4ccc(C(C)(C)O)nc4)c3c2)cc2c1C(=O)N([C@@H](C)C1CC1)C2. The summed E-state index contributed by atoms with van der Waals surface area (Å²) in [6.07, 6.45) is 8.09. The van der Waals surface area contributed by atoms with Gasteiger partial charge in [0, 0.05) is 58.8 Å². The van der Waals surface area contributed by atoms with Gasteiger partial charge >= 0.3 is 0 Å². The number of aromatic amines is 1. The van der Waals surface area contributed by atoms with Gasteiger partial charge in [-0.15, -0.1) is 0 Å². The Bertz CT molecular complexity index is 1460. The fourth-order valence-corrected chi connectivity index (χ4v) is 5.33. The second-order valence-electron chi connectivity index (χ2n) is 10.7. The van der Waals surface area contributed by atoms with Crippen LogP contribution < -0.4 is 0 Å². The van der Waals surface area contributed by atoms with Gasteiger partial charge in [-0.3, -0.25) is 9.78 Å². The van der Waals surface area contributed by atoms with E-state index < -0.39 is 5.60 Å². The average Bonchev–Trinajstić information content (AvgIpc) is 3.51. The maximum absolute atomic E-state index is 13.2. The van der Waals surface area contributed by atoms with Gasteiger partial charge in [0.05, 0.1) is 5.69 Å². The van der Waals surface area contributed by atoms with Crippen molar-refractivity contribution in [2.24, 2.45) is 5.92 Å². The van der Waals surface area contributed by atoms with E-state index in [1.54, 1.807) is 20.0 Å². The van der Waals surface area contributed by atoms with E-state index in [1.807, 2.05) is 31.5 Å². The van der Waals surface area contributed by atoms with Crippen LogP contribution >= 0.6 is 0 Å². The molecule has 0 unspecified atom stereocenters. The number of benzene rings is 1. The lowest BCUT2D eigenvalue weighted by Crippen LogP contribution is -2.34. The summed E-state index contributed by atoms with van der Waals surface area (Å²) >= 11 is 0. The molecule has 1 aliphatic heterocycles. The number of fused-ring (bicyclic) bond motifs is 2. The van der Waals surface area contributed by atoms with Crippen LogP contribution in [0.15, 0.2) is 48.9 Å². The zero-order valence-corrected chi connectivity index (χ0v) is 20.6. The van der Waals surface area contributed by atoms with E-state index in [1.165, 1.54) is 12.8 Å². The first-order chi connectivity index (χ1) is 16.7. The smallest absolute Gasteiger partial charge is 0.255 e. The molecular weight excluding hydrogens is 436 g/mol. The van der Waals surface area contributed by atoms with Gasteiger partial charge in [-0.25, -0.2) is 4.98 Å². The van der Waals surface area contributed by atoms with Crippen LogP contribution in [-0.2, 0) is 12.1 Å². The summed E-state index contributed by atoms with van der Waals surface area (Å²) in [5.41, 5.74) is 7.54. The Morgan fingerprint density at radius 1 is 1.09 bits per heavy atom. The van der Waals surface area contributed by atoms with Gasteiger partial charge in [-0.2, -0.15) is 0 Å². The quantitative estimate of drug-likeness (QED) is 0.402. The molecule has 4 aromatic rings. The van der Waals surface area contributed by atoms with Gasteiger partial charge in [0.1, 0.15) is 11.2 Å². The minimum Gasteiger partial charge on any atom is -0.384 e. The summed E-state index contributed by atoms with van der Waals surface area (Å²) < 4.78 is 0. The third kappa shape index (κ3) is 3.73. The number of aromatic nitrogens is 3. The summed E-state index contributed by atoms with van der Waals surface area (Å²) in [6, 6.07) is 10.6. The Labute approximate surface area is 205 Å². The highest BCUT2D eigenvalue weighted by Crippen LogP contribution is 2.40. The monoisotopic (exact) mass is 466 g/mol. The molecule has 4 heterocycles. The molecule has 2 aliphatic rings. The number of H-pyrrole nitrogens is 1. The first-order valence-electron chi connectivity index (χ1n) is 12.3. The Morgan fingerprint density at radius 2 is 1.86 bits per heavy atom. The van der Waals surface area contributed by atoms with Crippen molar-refractivity contribution >= 4 is 16.9 Å². The topological polar surface area (TPSA) is 82.1 Å². The number of hydrogen-bond acceptors (Lipinski definition) is 4. The highest BCUT2D eigenvalue weighted by molar-refractivity contribution is 6.01. The third-order valence-electron chi connectivity index (χ3n) is 7.59. The first-order valence-corrected chi connectivity index (χ1v) is 12.3. The molecule has 0 spiro atoms. The van der Waals surface area contributed by atoms with Gasteiger partial charge < -0.3 is 15.0 Å². The summed E-state index contributed by atoms with van der Waals surface area (Å²) in [6.45, 7) is 8.37. The summed E-state index contributed by atoms with van der Waals surface area (Å²) in [4.78, 5) is 27.6. The standard InChI is InChI=1S/C29H30N4O2/c1-16-9-20(10-22-15-33(28(34)26(16)22)17(2)18-5-6-18)21-11-23-24(14-32-27(23)31-13-21)19-7-8-25(30-12-19)29(3,4)35/h7-14,17-18,35H,5-6,15H2,1-4H3,(H,31,32)/t17-/m0/s1. The van der Waals surface area contributed by atoms with Crippen LogP contribution in [0, 0.1) is 12.8 Å². The fraction of sp³-hybridized carbons (Fsp3) is 0.345. The summed E-state index contributed by atoms with van der Waals surface area (Å²) in [5, 5.41) is 11.2. The molecular formula is C29H30N4O2. The van der Waals surface area contributed by atoms with Crippen LogP contribution in [-0.4, -0.2) is 36.9 Å². The number of nitrogens with zero attached hydrogens (tertiary/aromatic N) is 3. The van der Waals surface area contributed by atoms with Crippen LogP contribution in [0.3, 0.4) is 0 Å². The summed E-state index contributed by atoms with van der Waals surface area (Å²) in [5.74, 6) is 0.825. The maximum Gasteiger partial charge on any atom is 0.255 e. The number of nitrogens with one attached hydrogen (secondary N) is 1. The molecule has 178 valence electrons. The predicted molar refractivity (Wildman–Crippen MR) is 137 cm³/mol. The van der Waals surface area contributed by atoms with Gasteiger partial charge in [0.15, 0.2) is 0 Å². The molecule has 0 bridgehead atoms. The largest absolute Gasteiger partial charge is 0.384 e. The highest BCUT2D eigenvalue weighted by atomic mass is 16.3. The van der Waals surface area contributed by atoms with Crippen molar-refractivity contribution in [1.82, 2.24) is 19.9 Å². The number of pyridine rings is 2. The molecule has 6 nitrogen and oxygen atoms in total. The lowest BCUT2D eigenvalue weighted by Gasteiger charge is -2.24. The Hall–Kier alpha value is -3.51. The Kier molecular flexibility index (Phi) is 4.87. The van der Waals surface area contributed by atoms with E-state index in [4.69, 9.17) is 0 Å². The van der Waals surface area contributed by atoms with Gasteiger partial charge in [0.2, 0.25) is 0 Å². The van der Waals surface area contributed by atoms with Crippen molar-refractivity contribution < 1.29 is 9.90 Å². The van der Waals surface area contributed by atoms with Gasteiger partial charge in [0.25, 0.3) is 5.91 Å². The molecule has 1 aromatic carbocycles. The Morgan fingerprint density at radius 3 is 2.54 bits per heavy atom. The normalized spacial score (nSPS) is 16.7. The second-order valence-corrected chi connectivity index (χ2v) is 10.7. The number of amides is 1. The number of aliphatic hydroxyl groups is 1. The molecule has 35 heavy (non-hydrogen) atoms. The Balaban J connectivity index is 1.37. The number of aryl methyl sites for hydroxylation is 1. The fourth-order valence-electron chi connectivity index (χ4n) is 5.33. The molecule has 1 atom stereocenters. The molecule has 0 radical (unpaired) electrons. The van der Waals surface area contributed by atoms with Crippen LogP contribution in [0.4, 0.5) is 0 Å². The number of hydrogen-bond donors (Lipinski definition) is 2. The lowest BCUT2D eigenvalue weighted by atomic mass is 9.96. The molecule has 1 fully saturated rings. The first kappa shape index (κ1) is 22.0. The van der Waals surface area contributed by atoms with E-state index in [-0.39, 0.29) is 5.91 Å². The van der Waals surface area contributed by atoms with E-state index in [2.05, 4.69) is 45.0 Å². The minimum atomic E-state index is -0.980. The van der Waals surface area contributed by atoms with E-state index in [0.29, 0.717) is 24.2 Å². The lowest BCUT2D eigenvalue weighted by molar-refractivity contribution is 0.0696. The van der Waals surface area contributed by atoms with Gasteiger partial charge in [-0.05, 0) is 81.3 Å². The van der Waals surface area contributed by atoms with Crippen LogP contribution in [0.1, 0.15) is 60.8 Å². The maximum atomic E-state index is 13.2. The average molecular weight is 467 g/mol. The van der Waals surface area contributed by atoms with E-state index in [9.17, 15) is 9.90 Å². The van der Waals surface area contributed by atoms with Crippen molar-refractivity contribution in [3.63, 3.8) is 0 Å². The van der Waals surface area contributed by atoms with Gasteiger partial charge in [-0.1, -0.05) is 12.1 Å². The molecule has 1 amide bonds. The van der Waals surface area contributed by atoms with Crippen molar-refractivity contribution in [3.05, 3.63) is 71.3 Å². The van der Waals surface area contributed by atoms with Crippen LogP contribution in [0.5, 0.6) is 0 Å². The van der Waals surface area contributed by atoms with Crippen molar-refractivity contribution in [3.8, 4) is 22.3 Å². The van der Waals surface area contributed by atoms with Crippen LogP contribution in [0.25, 0.3) is 33.3 Å². The van der Waals surface area contributed by atoms with E-state index >= 15 is 0 Å². The number of carbonyl (C=O) groups is 1. The second kappa shape index (κ2) is 7.75. The molecule has 6 heteroatoms. The molecule has 1 saturated carbocycles. The minimum absolute atomic E-state index is 0.173. The van der Waals surface area contributed by atoms with Crippen molar-refractivity contribution in [2.45, 2.75) is 58.7 Å². The third-order valence-corrected chi connectivity index (χ3v) is 7.59. The number of rotatable bonds is 5. The molecule has 2 N–H and O–H groups in total. The molecule has 3 aromatic heterocycles. The van der Waals surface area contributed by atoms with Crippen LogP contribution in [0.2, 0.25) is 0 Å². The van der Waals surface area contributed by atoms with E-state index in [0.717, 1.165) is 50.0 Å². The zero-order valence-electron chi connectivity index (χ0n) is 20.6. The predicted octanol–water partition coefficient (Wildman–Crippen LogP) is 5.58. The number of carbonyl (C=O) groups excluding carboxylic acids is 1. The highest BCUT2D eigenvalue weighted by Gasteiger charge is 2.39. The molecule has 1 aliphatic carbocycles.